The zero-order chi connectivity index (χ0) is 14.3. The highest BCUT2D eigenvalue weighted by Crippen LogP contribution is 2.61. The summed E-state index contributed by atoms with van der Waals surface area (Å²) in [5.41, 5.74) is 0. The third-order valence-electron chi connectivity index (χ3n) is 4.91. The van der Waals surface area contributed by atoms with Crippen molar-refractivity contribution in [2.45, 2.75) is 37.8 Å². The number of fused-ring (bicyclic) bond motifs is 1. The van der Waals surface area contributed by atoms with Crippen molar-refractivity contribution >= 4 is 12.7 Å². The lowest BCUT2D eigenvalue weighted by Gasteiger charge is -2.28. The summed E-state index contributed by atoms with van der Waals surface area (Å²) in [6.45, 7) is 0. The molecule has 1 aromatic rings. The third-order valence-corrected chi connectivity index (χ3v) is 8.21. The molecule has 20 heavy (non-hydrogen) atoms. The molecule has 0 radical (unpaired) electrons. The van der Waals surface area contributed by atoms with Crippen LogP contribution in [0.3, 0.4) is 0 Å². The van der Waals surface area contributed by atoms with Crippen molar-refractivity contribution in [2.75, 3.05) is 21.2 Å². The van der Waals surface area contributed by atoms with Gasteiger partial charge in [-0.1, -0.05) is 25.0 Å². The Bertz CT molecular complexity index is 526. The van der Waals surface area contributed by atoms with Crippen molar-refractivity contribution in [3.63, 3.8) is 0 Å². The Balaban J connectivity index is 2.08. The number of nitrogens with zero attached hydrogens (tertiary/aromatic N) is 2. The van der Waals surface area contributed by atoms with E-state index in [2.05, 4.69) is 9.34 Å². The van der Waals surface area contributed by atoms with E-state index < -0.39 is 7.44 Å². The highest BCUT2D eigenvalue weighted by Gasteiger charge is 2.53. The first kappa shape index (κ1) is 14.1. The van der Waals surface area contributed by atoms with Crippen LogP contribution in [0.1, 0.15) is 25.7 Å². The maximum atomic E-state index is 13.8. The van der Waals surface area contributed by atoms with E-state index in [4.69, 9.17) is 4.74 Å². The molecule has 0 N–H and O–H groups in total. The van der Waals surface area contributed by atoms with Crippen LogP contribution in [0.2, 0.25) is 0 Å². The average Bonchev–Trinajstić information content (AvgIpc) is 2.70. The molecule has 0 aromatic heterocycles. The lowest BCUT2D eigenvalue weighted by Crippen LogP contribution is -2.37. The topological polar surface area (TPSA) is 32.8 Å². The summed E-state index contributed by atoms with van der Waals surface area (Å²) in [6, 6.07) is 8.54. The second kappa shape index (κ2) is 5.18. The van der Waals surface area contributed by atoms with Crippen LogP contribution in [0.4, 0.5) is 0 Å². The van der Waals surface area contributed by atoms with Gasteiger partial charge in [0.05, 0.1) is 12.4 Å². The first-order valence-corrected chi connectivity index (χ1v) is 8.92. The summed E-state index contributed by atoms with van der Waals surface area (Å²) in [5.74, 6) is 0.730. The van der Waals surface area contributed by atoms with Gasteiger partial charge in [-0.15, -0.1) is 0 Å². The molecule has 1 aliphatic heterocycles. The monoisotopic (exact) mass is 294 g/mol. The number of ether oxygens (including phenoxy) is 1. The van der Waals surface area contributed by atoms with Gasteiger partial charge in [0.15, 0.2) is 0 Å². The Morgan fingerprint density at radius 1 is 1.10 bits per heavy atom. The molecule has 1 heterocycles. The van der Waals surface area contributed by atoms with Gasteiger partial charge in [0, 0.05) is 12.1 Å². The highest BCUT2D eigenvalue weighted by molar-refractivity contribution is 7.67. The summed E-state index contributed by atoms with van der Waals surface area (Å²) in [6.07, 6.45) is 4.77. The Kier molecular flexibility index (Phi) is 3.65. The van der Waals surface area contributed by atoms with E-state index in [1.165, 1.54) is 12.8 Å². The van der Waals surface area contributed by atoms with E-state index in [0.717, 1.165) is 23.9 Å². The number of hydrogen-bond acceptors (Lipinski definition) is 2. The first-order chi connectivity index (χ1) is 9.60. The summed E-state index contributed by atoms with van der Waals surface area (Å²) < 4.78 is 23.5. The van der Waals surface area contributed by atoms with E-state index in [1.807, 2.05) is 38.4 Å². The van der Waals surface area contributed by atoms with Crippen LogP contribution >= 0.6 is 7.44 Å². The van der Waals surface area contributed by atoms with Crippen molar-refractivity contribution in [1.82, 2.24) is 9.34 Å². The van der Waals surface area contributed by atoms with E-state index >= 15 is 0 Å². The van der Waals surface area contributed by atoms with Crippen LogP contribution in [0.5, 0.6) is 5.75 Å². The lowest BCUT2D eigenvalue weighted by atomic mass is 9.91. The summed E-state index contributed by atoms with van der Waals surface area (Å²) >= 11 is 0. The molecule has 2 aliphatic rings. The smallest absolute Gasteiger partial charge is 0.249 e. The van der Waals surface area contributed by atoms with Crippen LogP contribution in [0.25, 0.3) is 0 Å². The quantitative estimate of drug-likeness (QED) is 0.785. The second-order valence-corrected chi connectivity index (χ2v) is 8.61. The van der Waals surface area contributed by atoms with E-state index in [0.29, 0.717) is 12.1 Å². The van der Waals surface area contributed by atoms with Gasteiger partial charge in [-0.2, -0.15) is 0 Å². The Labute approximate surface area is 121 Å². The van der Waals surface area contributed by atoms with E-state index in [9.17, 15) is 4.57 Å². The number of hydrogen-bond donors (Lipinski definition) is 0. The molecule has 1 saturated heterocycles. The molecule has 2 atom stereocenters. The minimum atomic E-state index is -2.72. The van der Waals surface area contributed by atoms with Gasteiger partial charge in [-0.05, 0) is 39.1 Å². The average molecular weight is 294 g/mol. The molecule has 110 valence electrons. The molecular weight excluding hydrogens is 271 g/mol. The summed E-state index contributed by atoms with van der Waals surface area (Å²) in [4.78, 5) is 0. The molecule has 2 fully saturated rings. The van der Waals surface area contributed by atoms with Crippen molar-refractivity contribution in [3.05, 3.63) is 24.3 Å². The fraction of sp³-hybridized carbons (Fsp3) is 0.600. The summed E-state index contributed by atoms with van der Waals surface area (Å²) in [7, 11) is 2.95. The molecule has 1 saturated carbocycles. The van der Waals surface area contributed by atoms with Crippen molar-refractivity contribution in [3.8, 4) is 5.75 Å². The van der Waals surface area contributed by atoms with Gasteiger partial charge in [-0.25, -0.2) is 9.34 Å². The van der Waals surface area contributed by atoms with Crippen LogP contribution in [0, 0.1) is 0 Å². The molecule has 2 unspecified atom stereocenters. The fourth-order valence-electron chi connectivity index (χ4n) is 3.80. The zero-order valence-corrected chi connectivity index (χ0v) is 13.3. The van der Waals surface area contributed by atoms with Crippen molar-refractivity contribution < 1.29 is 9.30 Å². The van der Waals surface area contributed by atoms with Gasteiger partial charge in [0.1, 0.15) is 5.75 Å². The minimum absolute atomic E-state index is 0.407. The molecule has 1 aromatic carbocycles. The molecule has 1 aliphatic carbocycles. The van der Waals surface area contributed by atoms with Crippen LogP contribution in [0.15, 0.2) is 24.3 Å². The Morgan fingerprint density at radius 3 is 2.20 bits per heavy atom. The minimum Gasteiger partial charge on any atom is -0.496 e. The normalized spacial score (nSPS) is 35.0. The van der Waals surface area contributed by atoms with Gasteiger partial charge in [0.25, 0.3) is 0 Å². The number of benzene rings is 1. The molecular formula is C15H23N2O2P. The summed E-state index contributed by atoms with van der Waals surface area (Å²) in [5, 5.41) is 0.835. The van der Waals surface area contributed by atoms with Crippen molar-refractivity contribution in [1.29, 1.82) is 0 Å². The fourth-order valence-corrected chi connectivity index (χ4v) is 7.00. The SMILES string of the molecule is COc1ccccc1P1(=O)N(C)C2CCCCC2N1C. The third kappa shape index (κ3) is 1.86. The Morgan fingerprint density at radius 2 is 1.65 bits per heavy atom. The first-order valence-electron chi connectivity index (χ1n) is 7.31. The number of para-hydroxylation sites is 1. The van der Waals surface area contributed by atoms with Gasteiger partial charge >= 0.3 is 0 Å². The number of rotatable bonds is 2. The van der Waals surface area contributed by atoms with Crippen LogP contribution < -0.4 is 10.0 Å². The standard InChI is InChI=1S/C15H23N2O2P/c1-16-12-8-4-5-9-13(12)17(2)20(16,18)15-11-7-6-10-14(15)19-3/h6-7,10-13H,4-5,8-9H2,1-3H3. The molecule has 0 amide bonds. The maximum absolute atomic E-state index is 13.8. The van der Waals surface area contributed by atoms with Crippen molar-refractivity contribution in [2.24, 2.45) is 0 Å². The van der Waals surface area contributed by atoms with Gasteiger partial charge in [0.2, 0.25) is 7.44 Å². The van der Waals surface area contributed by atoms with Gasteiger partial charge in [-0.3, -0.25) is 4.57 Å². The largest absolute Gasteiger partial charge is 0.496 e. The predicted molar refractivity (Wildman–Crippen MR) is 81.8 cm³/mol. The second-order valence-electron chi connectivity index (χ2n) is 5.78. The Hall–Kier alpha value is -0.830. The predicted octanol–water partition coefficient (Wildman–Crippen LogP) is 2.70. The maximum Gasteiger partial charge on any atom is 0.249 e. The molecule has 0 bridgehead atoms. The highest BCUT2D eigenvalue weighted by atomic mass is 31.2. The number of likely N-dealkylation sites (N-methyl/N-ethyl adjacent to an activating group) is 2. The molecule has 4 nitrogen and oxygen atoms in total. The zero-order valence-electron chi connectivity index (χ0n) is 12.5. The van der Waals surface area contributed by atoms with Gasteiger partial charge < -0.3 is 4.74 Å². The molecule has 5 heteroatoms. The van der Waals surface area contributed by atoms with E-state index in [-0.39, 0.29) is 0 Å². The lowest BCUT2D eigenvalue weighted by molar-refractivity contribution is 0.233. The van der Waals surface area contributed by atoms with Crippen LogP contribution in [-0.4, -0.2) is 42.6 Å². The molecule has 0 spiro atoms. The van der Waals surface area contributed by atoms with Crippen LogP contribution in [-0.2, 0) is 4.57 Å². The van der Waals surface area contributed by atoms with E-state index in [1.54, 1.807) is 7.11 Å². The number of methoxy groups -OCH3 is 1. The molecule has 3 rings (SSSR count).